The summed E-state index contributed by atoms with van der Waals surface area (Å²) in [6.07, 6.45) is 2.20. The zero-order valence-electron chi connectivity index (χ0n) is 12.4. The smallest absolute Gasteiger partial charge is 0.225 e. The van der Waals surface area contributed by atoms with Crippen LogP contribution in [0.15, 0.2) is 22.9 Å². The Bertz CT molecular complexity index is 640. The second kappa shape index (κ2) is 6.10. The van der Waals surface area contributed by atoms with E-state index in [-0.39, 0.29) is 0 Å². The molecule has 1 aliphatic carbocycles. The highest BCUT2D eigenvalue weighted by Gasteiger charge is 2.34. The zero-order chi connectivity index (χ0) is 14.9. The molecule has 6 heteroatoms. The molecular formula is C16H19N3OS2. The molecule has 0 atom stereocenters. The maximum atomic E-state index is 12.1. The molecule has 3 heterocycles. The largest absolute Gasteiger partial charge is 0.340 e. The van der Waals surface area contributed by atoms with E-state index in [1.807, 2.05) is 4.90 Å². The summed E-state index contributed by atoms with van der Waals surface area (Å²) in [6.45, 7) is 4.58. The predicted molar refractivity (Wildman–Crippen MR) is 90.0 cm³/mol. The molecule has 1 amide bonds. The minimum absolute atomic E-state index is 0.346. The lowest BCUT2D eigenvalue weighted by Crippen LogP contribution is -2.48. The van der Waals surface area contributed by atoms with Crippen LogP contribution in [0.1, 0.15) is 17.8 Å². The van der Waals surface area contributed by atoms with Gasteiger partial charge < -0.3 is 4.90 Å². The van der Waals surface area contributed by atoms with Crippen LogP contribution in [0.3, 0.4) is 0 Å². The first-order valence-corrected chi connectivity index (χ1v) is 9.55. The van der Waals surface area contributed by atoms with Gasteiger partial charge in [0.05, 0.1) is 17.1 Å². The molecule has 22 heavy (non-hydrogen) atoms. The average Bonchev–Trinajstić information content (AvgIpc) is 3.05. The molecule has 2 aromatic rings. The first kappa shape index (κ1) is 14.4. The lowest BCUT2D eigenvalue weighted by molar-refractivity contribution is -0.134. The molecule has 1 saturated heterocycles. The highest BCUT2D eigenvalue weighted by Crippen LogP contribution is 2.31. The lowest BCUT2D eigenvalue weighted by Gasteiger charge is -2.34. The van der Waals surface area contributed by atoms with Crippen LogP contribution in [-0.2, 0) is 11.3 Å². The van der Waals surface area contributed by atoms with Crippen molar-refractivity contribution in [3.63, 3.8) is 0 Å². The van der Waals surface area contributed by atoms with Crippen molar-refractivity contribution in [2.75, 3.05) is 26.2 Å². The second-order valence-corrected chi connectivity index (χ2v) is 7.87. The highest BCUT2D eigenvalue weighted by atomic mass is 32.1. The summed E-state index contributed by atoms with van der Waals surface area (Å²) in [4.78, 5) is 22.5. The molecule has 0 aromatic carbocycles. The van der Waals surface area contributed by atoms with Gasteiger partial charge in [-0.15, -0.1) is 22.7 Å². The SMILES string of the molecule is O=C(C1CC1)N1CCN(Cc2nc(-c3cccs3)cs2)CC1. The molecule has 0 radical (unpaired) electrons. The Labute approximate surface area is 138 Å². The Morgan fingerprint density at radius 2 is 2.05 bits per heavy atom. The molecule has 1 saturated carbocycles. The molecule has 2 fully saturated rings. The van der Waals surface area contributed by atoms with E-state index in [4.69, 9.17) is 4.98 Å². The van der Waals surface area contributed by atoms with Crippen LogP contribution < -0.4 is 0 Å². The molecule has 0 bridgehead atoms. The van der Waals surface area contributed by atoms with Gasteiger partial charge in [0.25, 0.3) is 0 Å². The number of aromatic nitrogens is 1. The molecule has 4 nitrogen and oxygen atoms in total. The topological polar surface area (TPSA) is 36.4 Å². The van der Waals surface area contributed by atoms with Crippen LogP contribution in [0.25, 0.3) is 10.6 Å². The highest BCUT2D eigenvalue weighted by molar-refractivity contribution is 7.14. The Balaban J connectivity index is 1.32. The maximum absolute atomic E-state index is 12.1. The average molecular weight is 333 g/mol. The zero-order valence-corrected chi connectivity index (χ0v) is 14.0. The Kier molecular flexibility index (Phi) is 3.98. The molecule has 2 aliphatic rings. The van der Waals surface area contributed by atoms with E-state index in [2.05, 4.69) is 27.8 Å². The molecule has 2 aromatic heterocycles. The summed E-state index contributed by atoms with van der Waals surface area (Å²) in [6, 6.07) is 4.18. The third-order valence-electron chi connectivity index (χ3n) is 4.29. The van der Waals surface area contributed by atoms with Gasteiger partial charge in [0.1, 0.15) is 5.01 Å². The van der Waals surface area contributed by atoms with Crippen molar-refractivity contribution in [1.82, 2.24) is 14.8 Å². The third kappa shape index (κ3) is 3.09. The van der Waals surface area contributed by atoms with Gasteiger partial charge >= 0.3 is 0 Å². The van der Waals surface area contributed by atoms with Gasteiger partial charge in [-0.05, 0) is 24.3 Å². The van der Waals surface area contributed by atoms with Gasteiger partial charge in [-0.3, -0.25) is 9.69 Å². The Morgan fingerprint density at radius 1 is 1.23 bits per heavy atom. The first-order chi connectivity index (χ1) is 10.8. The second-order valence-electron chi connectivity index (χ2n) is 5.98. The van der Waals surface area contributed by atoms with E-state index >= 15 is 0 Å². The third-order valence-corrected chi connectivity index (χ3v) is 6.02. The number of carbonyl (C=O) groups excluding carboxylic acids is 1. The van der Waals surface area contributed by atoms with E-state index < -0.39 is 0 Å². The van der Waals surface area contributed by atoms with Gasteiger partial charge in [-0.2, -0.15) is 0 Å². The summed E-state index contributed by atoms with van der Waals surface area (Å²) >= 11 is 3.47. The fourth-order valence-corrected chi connectivity index (χ4v) is 4.42. The monoisotopic (exact) mass is 333 g/mol. The van der Waals surface area contributed by atoms with Crippen LogP contribution in [0.2, 0.25) is 0 Å². The van der Waals surface area contributed by atoms with Crippen LogP contribution in [0, 0.1) is 5.92 Å². The van der Waals surface area contributed by atoms with E-state index in [0.717, 1.165) is 51.3 Å². The van der Waals surface area contributed by atoms with Gasteiger partial charge in [0.2, 0.25) is 5.91 Å². The number of thiophene rings is 1. The number of rotatable bonds is 4. The van der Waals surface area contributed by atoms with Gasteiger partial charge in [0, 0.05) is 37.5 Å². The van der Waals surface area contributed by atoms with Gasteiger partial charge in [-0.1, -0.05) is 6.07 Å². The minimum Gasteiger partial charge on any atom is -0.340 e. The molecule has 0 spiro atoms. The van der Waals surface area contributed by atoms with Crippen molar-refractivity contribution >= 4 is 28.6 Å². The van der Waals surface area contributed by atoms with Gasteiger partial charge in [-0.25, -0.2) is 4.98 Å². The van der Waals surface area contributed by atoms with Crippen LogP contribution in [0.5, 0.6) is 0 Å². The van der Waals surface area contributed by atoms with E-state index in [1.54, 1.807) is 22.7 Å². The van der Waals surface area contributed by atoms with E-state index in [9.17, 15) is 4.79 Å². The molecule has 0 unspecified atom stereocenters. The van der Waals surface area contributed by atoms with Crippen molar-refractivity contribution in [2.24, 2.45) is 5.92 Å². The summed E-state index contributed by atoms with van der Waals surface area (Å²) in [7, 11) is 0. The summed E-state index contributed by atoms with van der Waals surface area (Å²) in [5.41, 5.74) is 1.09. The fraction of sp³-hybridized carbons (Fsp3) is 0.500. The molecule has 0 N–H and O–H groups in total. The van der Waals surface area contributed by atoms with Crippen molar-refractivity contribution in [3.8, 4) is 10.6 Å². The summed E-state index contributed by atoms with van der Waals surface area (Å²) < 4.78 is 0. The standard InChI is InChI=1S/C16H19N3OS2/c20-16(12-3-4-12)19-7-5-18(6-8-19)10-15-17-13(11-22-15)14-2-1-9-21-14/h1-2,9,11-12H,3-8,10H2. The minimum atomic E-state index is 0.346. The molecular weight excluding hydrogens is 314 g/mol. The van der Waals surface area contributed by atoms with Crippen molar-refractivity contribution in [3.05, 3.63) is 27.9 Å². The molecule has 1 aliphatic heterocycles. The molecule has 116 valence electrons. The van der Waals surface area contributed by atoms with Crippen LogP contribution >= 0.6 is 22.7 Å². The number of piperazine rings is 1. The number of thiazole rings is 1. The summed E-state index contributed by atoms with van der Waals surface area (Å²) in [5, 5.41) is 5.41. The van der Waals surface area contributed by atoms with E-state index in [1.165, 1.54) is 9.88 Å². The fourth-order valence-electron chi connectivity index (χ4n) is 2.83. The molecule has 4 rings (SSSR count). The number of carbonyl (C=O) groups is 1. The number of nitrogens with zero attached hydrogens (tertiary/aromatic N) is 3. The van der Waals surface area contributed by atoms with E-state index in [0.29, 0.717) is 11.8 Å². The Morgan fingerprint density at radius 3 is 2.73 bits per heavy atom. The first-order valence-electron chi connectivity index (χ1n) is 7.79. The number of amides is 1. The number of hydrogen-bond acceptors (Lipinski definition) is 5. The normalized spacial score (nSPS) is 19.5. The Hall–Kier alpha value is -1.24. The van der Waals surface area contributed by atoms with Gasteiger partial charge in [0.15, 0.2) is 0 Å². The van der Waals surface area contributed by atoms with Crippen molar-refractivity contribution in [1.29, 1.82) is 0 Å². The lowest BCUT2D eigenvalue weighted by atomic mass is 10.2. The maximum Gasteiger partial charge on any atom is 0.225 e. The summed E-state index contributed by atoms with van der Waals surface area (Å²) in [5.74, 6) is 0.729. The number of hydrogen-bond donors (Lipinski definition) is 0. The quantitative estimate of drug-likeness (QED) is 0.863. The predicted octanol–water partition coefficient (Wildman–Crippen LogP) is 2.93. The van der Waals surface area contributed by atoms with Crippen LogP contribution in [-0.4, -0.2) is 46.9 Å². The van der Waals surface area contributed by atoms with Crippen molar-refractivity contribution < 1.29 is 4.79 Å². The van der Waals surface area contributed by atoms with Crippen molar-refractivity contribution in [2.45, 2.75) is 19.4 Å². The van der Waals surface area contributed by atoms with Crippen LogP contribution in [0.4, 0.5) is 0 Å².